The molecule has 9 heteroatoms. The Morgan fingerprint density at radius 3 is 2.26 bits per heavy atom. The summed E-state index contributed by atoms with van der Waals surface area (Å²) in [5.41, 5.74) is 7.11. The number of benzene rings is 2. The fourth-order valence-corrected chi connectivity index (χ4v) is 4.46. The summed E-state index contributed by atoms with van der Waals surface area (Å²) in [5.74, 6) is -0.888. The molecule has 2 atom stereocenters. The minimum atomic E-state index is -1.17. The van der Waals surface area contributed by atoms with E-state index in [1.165, 1.54) is 0 Å². The normalized spacial score (nSPS) is 15.0. The van der Waals surface area contributed by atoms with E-state index in [0.29, 0.717) is 12.3 Å². The molecule has 39 heavy (non-hydrogen) atoms. The highest BCUT2D eigenvalue weighted by Gasteiger charge is 2.31. The van der Waals surface area contributed by atoms with Gasteiger partial charge < -0.3 is 30.6 Å². The Hall–Kier alpha value is -3.95. The lowest BCUT2D eigenvalue weighted by atomic mass is 10.1. The van der Waals surface area contributed by atoms with E-state index in [1.54, 1.807) is 32.3 Å². The fourth-order valence-electron chi connectivity index (χ4n) is 4.46. The molecule has 4 rings (SSSR count). The van der Waals surface area contributed by atoms with Gasteiger partial charge >= 0.3 is 0 Å². The molecule has 0 bridgehead atoms. The van der Waals surface area contributed by atoms with E-state index in [9.17, 15) is 14.4 Å². The van der Waals surface area contributed by atoms with Crippen molar-refractivity contribution >= 4 is 23.4 Å². The number of anilines is 1. The van der Waals surface area contributed by atoms with Crippen LogP contribution >= 0.6 is 0 Å². The quantitative estimate of drug-likeness (QED) is 0.351. The van der Waals surface area contributed by atoms with Gasteiger partial charge in [-0.05, 0) is 43.9 Å². The van der Waals surface area contributed by atoms with Crippen LogP contribution in [0, 0.1) is 0 Å². The van der Waals surface area contributed by atoms with Crippen molar-refractivity contribution in [3.63, 3.8) is 0 Å². The average molecular weight is 532 g/mol. The van der Waals surface area contributed by atoms with Gasteiger partial charge in [0.05, 0.1) is 24.4 Å². The Morgan fingerprint density at radius 1 is 0.974 bits per heavy atom. The summed E-state index contributed by atoms with van der Waals surface area (Å²) in [6.45, 7) is 4.89. The molecular formula is C30H37N5O4. The smallest absolute Gasteiger partial charge is 0.250 e. The van der Waals surface area contributed by atoms with Gasteiger partial charge in [-0.3, -0.25) is 14.4 Å². The van der Waals surface area contributed by atoms with Gasteiger partial charge in [-0.15, -0.1) is 0 Å². The number of carbonyl (C=O) groups is 3. The van der Waals surface area contributed by atoms with E-state index in [2.05, 4.69) is 10.6 Å². The second-order valence-corrected chi connectivity index (χ2v) is 10.4. The predicted molar refractivity (Wildman–Crippen MR) is 150 cm³/mol. The Balaban J connectivity index is 1.48. The largest absolute Gasteiger partial charge is 0.374 e. The van der Waals surface area contributed by atoms with Gasteiger partial charge in [0.1, 0.15) is 12.1 Å². The number of rotatable bonds is 11. The molecule has 1 aliphatic heterocycles. The van der Waals surface area contributed by atoms with Gasteiger partial charge in [-0.25, -0.2) is 0 Å². The van der Waals surface area contributed by atoms with Crippen LogP contribution in [0.5, 0.6) is 0 Å². The number of hydrogen-bond donors (Lipinski definition) is 3. The summed E-state index contributed by atoms with van der Waals surface area (Å²) in [6.07, 6.45) is 5.52. The Kier molecular flexibility index (Phi) is 9.16. The number of nitrogens with one attached hydrogen (secondary N) is 2. The van der Waals surface area contributed by atoms with Crippen LogP contribution in [-0.4, -0.2) is 58.5 Å². The molecule has 2 aromatic carbocycles. The van der Waals surface area contributed by atoms with E-state index >= 15 is 0 Å². The first kappa shape index (κ1) is 28.1. The molecule has 0 spiro atoms. The maximum absolute atomic E-state index is 13.5. The lowest BCUT2D eigenvalue weighted by molar-refractivity contribution is -0.132. The predicted octanol–water partition coefficient (Wildman–Crippen LogP) is 3.08. The van der Waals surface area contributed by atoms with Crippen molar-refractivity contribution in [1.82, 2.24) is 14.8 Å². The van der Waals surface area contributed by atoms with Gasteiger partial charge in [0.15, 0.2) is 0 Å². The zero-order chi connectivity index (χ0) is 27.8. The number of carbonyl (C=O) groups excluding carboxylic acids is 3. The highest BCUT2D eigenvalue weighted by molar-refractivity contribution is 5.98. The molecule has 3 aromatic rings. The van der Waals surface area contributed by atoms with E-state index in [0.717, 1.165) is 37.1 Å². The minimum Gasteiger partial charge on any atom is -0.374 e. The van der Waals surface area contributed by atoms with Crippen LogP contribution in [0.3, 0.4) is 0 Å². The molecular weight excluding hydrogens is 494 g/mol. The molecule has 206 valence electrons. The second kappa shape index (κ2) is 12.7. The minimum absolute atomic E-state index is 0.0248. The molecule has 1 aromatic heterocycles. The van der Waals surface area contributed by atoms with Crippen LogP contribution in [0.25, 0.3) is 0 Å². The van der Waals surface area contributed by atoms with Crippen molar-refractivity contribution < 1.29 is 19.1 Å². The van der Waals surface area contributed by atoms with Crippen molar-refractivity contribution in [1.29, 1.82) is 0 Å². The van der Waals surface area contributed by atoms with E-state index in [-0.39, 0.29) is 12.5 Å². The summed E-state index contributed by atoms with van der Waals surface area (Å²) in [7, 11) is 0. The van der Waals surface area contributed by atoms with Crippen molar-refractivity contribution in [2.45, 2.75) is 50.9 Å². The van der Waals surface area contributed by atoms with Crippen molar-refractivity contribution in [3.8, 4) is 0 Å². The Labute approximate surface area is 229 Å². The zero-order valence-corrected chi connectivity index (χ0v) is 22.5. The third-order valence-corrected chi connectivity index (χ3v) is 6.65. The summed E-state index contributed by atoms with van der Waals surface area (Å²) in [6, 6.07) is 19.4. The Morgan fingerprint density at radius 2 is 1.62 bits per heavy atom. The molecule has 1 saturated heterocycles. The first-order chi connectivity index (χ1) is 18.7. The third kappa shape index (κ3) is 7.55. The fraction of sp³-hybridized carbons (Fsp3) is 0.367. The number of ether oxygens (including phenoxy) is 1. The topological polar surface area (TPSA) is 119 Å². The summed E-state index contributed by atoms with van der Waals surface area (Å²) < 4.78 is 7.59. The van der Waals surface area contributed by atoms with Crippen LogP contribution in [-0.2, 0) is 25.7 Å². The molecule has 2 unspecified atom stereocenters. The van der Waals surface area contributed by atoms with E-state index in [4.69, 9.17) is 10.5 Å². The first-order valence-electron chi connectivity index (χ1n) is 13.3. The number of nitrogens with zero attached hydrogens (tertiary/aromatic N) is 2. The molecule has 2 heterocycles. The van der Waals surface area contributed by atoms with Crippen LogP contribution in [0.1, 0.15) is 43.9 Å². The highest BCUT2D eigenvalue weighted by Crippen LogP contribution is 2.25. The number of amides is 3. The van der Waals surface area contributed by atoms with Gasteiger partial charge in [0, 0.05) is 25.5 Å². The van der Waals surface area contributed by atoms with Crippen LogP contribution in [0.15, 0.2) is 79.1 Å². The molecule has 1 aliphatic rings. The summed E-state index contributed by atoms with van der Waals surface area (Å²) in [5, 5.41) is 5.57. The number of likely N-dealkylation sites (tertiary alicyclic amines) is 1. The molecule has 0 aliphatic carbocycles. The summed E-state index contributed by atoms with van der Waals surface area (Å²) in [4.78, 5) is 41.2. The molecule has 9 nitrogen and oxygen atoms in total. The maximum Gasteiger partial charge on any atom is 0.250 e. The lowest BCUT2D eigenvalue weighted by Gasteiger charge is -2.25. The SMILES string of the molecule is CC(C)(N)C(=O)NC(COCc1ccccc1)C(=O)Nc1ccn(C(C(=O)N2CCCC2)c2ccccc2)c1. The van der Waals surface area contributed by atoms with E-state index in [1.807, 2.05) is 70.1 Å². The van der Waals surface area contributed by atoms with Crippen molar-refractivity contribution in [3.05, 3.63) is 90.3 Å². The highest BCUT2D eigenvalue weighted by atomic mass is 16.5. The van der Waals surface area contributed by atoms with Gasteiger partial charge in [-0.2, -0.15) is 0 Å². The molecule has 0 radical (unpaired) electrons. The van der Waals surface area contributed by atoms with Gasteiger partial charge in [0.2, 0.25) is 17.7 Å². The van der Waals surface area contributed by atoms with Gasteiger partial charge in [-0.1, -0.05) is 60.7 Å². The number of nitrogens with two attached hydrogens (primary N) is 1. The van der Waals surface area contributed by atoms with Crippen LogP contribution in [0.4, 0.5) is 5.69 Å². The summed E-state index contributed by atoms with van der Waals surface area (Å²) >= 11 is 0. The van der Waals surface area contributed by atoms with Crippen LogP contribution < -0.4 is 16.4 Å². The monoisotopic (exact) mass is 531 g/mol. The zero-order valence-electron chi connectivity index (χ0n) is 22.5. The molecule has 4 N–H and O–H groups in total. The second-order valence-electron chi connectivity index (χ2n) is 10.4. The van der Waals surface area contributed by atoms with Gasteiger partial charge in [0.25, 0.3) is 0 Å². The number of hydrogen-bond acceptors (Lipinski definition) is 5. The maximum atomic E-state index is 13.5. The van der Waals surface area contributed by atoms with Crippen LogP contribution in [0.2, 0.25) is 0 Å². The molecule has 3 amide bonds. The number of aromatic nitrogens is 1. The standard InChI is InChI=1S/C30H37N5O4/c1-30(2,31)29(38)33-25(21-39-20-22-11-5-3-6-12-22)27(36)32-24-15-18-35(19-24)26(23-13-7-4-8-14-23)28(37)34-16-9-10-17-34/h3-8,11-15,18-19,25-26H,9-10,16-17,20-21,31H2,1-2H3,(H,32,36)(H,33,38). The van der Waals surface area contributed by atoms with Crippen molar-refractivity contribution in [2.24, 2.45) is 5.73 Å². The first-order valence-corrected chi connectivity index (χ1v) is 13.3. The molecule has 0 saturated carbocycles. The Bertz CT molecular complexity index is 1250. The third-order valence-electron chi connectivity index (χ3n) is 6.65. The van der Waals surface area contributed by atoms with Crippen molar-refractivity contribution in [2.75, 3.05) is 25.0 Å². The lowest BCUT2D eigenvalue weighted by Crippen LogP contribution is -2.56. The average Bonchev–Trinajstić information content (AvgIpc) is 3.62. The van der Waals surface area contributed by atoms with E-state index < -0.39 is 29.4 Å². The molecule has 1 fully saturated rings.